The minimum Gasteiger partial charge on any atom is -0.263 e. The van der Waals surface area contributed by atoms with E-state index in [1.807, 2.05) is 91.5 Å². The van der Waals surface area contributed by atoms with Crippen molar-refractivity contribution in [3.63, 3.8) is 0 Å². The van der Waals surface area contributed by atoms with Gasteiger partial charge >= 0.3 is 0 Å². The summed E-state index contributed by atoms with van der Waals surface area (Å²) in [5, 5.41) is 21.5. The highest BCUT2D eigenvalue weighted by Gasteiger charge is 2.29. The normalized spacial score (nSPS) is 11.8. The number of benzene rings is 19. The largest absolute Gasteiger partial charge is 0.263 e. The Labute approximate surface area is 692 Å². The summed E-state index contributed by atoms with van der Waals surface area (Å²) in [5.41, 5.74) is 31.2. The molecule has 0 fully saturated rings. The highest BCUT2D eigenvalue weighted by molar-refractivity contribution is 6.26. The van der Waals surface area contributed by atoms with Crippen molar-refractivity contribution in [3.05, 3.63) is 413 Å². The van der Waals surface area contributed by atoms with E-state index in [1.165, 1.54) is 170 Å². The van der Waals surface area contributed by atoms with E-state index in [2.05, 4.69) is 327 Å². The van der Waals surface area contributed by atoms with Crippen molar-refractivity contribution in [1.29, 1.82) is 0 Å². The number of fused-ring (bicyclic) bond motifs is 18. The van der Waals surface area contributed by atoms with Gasteiger partial charge in [-0.1, -0.05) is 334 Å². The fraction of sp³-hybridized carbons (Fsp3) is 0. The molecule has 0 aliphatic heterocycles. The molecule has 3 aliphatic carbocycles. The Hall–Kier alpha value is -16.0. The van der Waals surface area contributed by atoms with Crippen LogP contribution in [-0.4, -0.2) is 29.9 Å². The molecule has 0 bridgehead atoms. The van der Waals surface area contributed by atoms with Gasteiger partial charge in [-0.2, -0.15) is 0 Å². The van der Waals surface area contributed by atoms with E-state index in [1.54, 1.807) is 0 Å². The van der Waals surface area contributed by atoms with E-state index in [0.717, 1.165) is 66.5 Å². The Balaban J connectivity index is 0.000000103. The Morgan fingerprint density at radius 3 is 1.09 bits per heavy atom. The van der Waals surface area contributed by atoms with E-state index in [9.17, 15) is 0 Å². The lowest BCUT2D eigenvalue weighted by molar-refractivity contribution is 1.08. The first-order valence-electron chi connectivity index (χ1n) is 40.9. The molecule has 26 rings (SSSR count). The van der Waals surface area contributed by atoms with Crippen LogP contribution in [0.1, 0.15) is 0 Å². The van der Waals surface area contributed by atoms with Gasteiger partial charge in [0.1, 0.15) is 0 Å². The zero-order chi connectivity index (χ0) is 78.9. The molecule has 0 saturated carbocycles. The van der Waals surface area contributed by atoms with Crippen molar-refractivity contribution in [2.45, 2.75) is 0 Å². The van der Waals surface area contributed by atoms with Crippen molar-refractivity contribution < 1.29 is 0 Å². The number of rotatable bonds is 8. The Morgan fingerprint density at radius 1 is 0.167 bits per heavy atom. The molecule has 554 valence electrons. The number of hydrogen-bond donors (Lipinski definition) is 0. The molecule has 0 atom stereocenters. The SMILES string of the molecule is c1ccc(-c2nc(-c3ccccc3)nc(-c3ccc4c5c(cccc35)-c3c-4ccc4ccccc34)n2)cc1.c1ccc2cc(-c3ccc4cc(-c5cncc(-c6ccc7c8c(cccc68)-c6c-7ccc7ccccc67)c5)ccc4c3)ccc2c1.c1cnc2cc(-c3ccnc(-c4ccc5c6c(cccc46)-c4c-5ccc5ccccc45)c3)ccc2c1. The lowest BCUT2D eigenvalue weighted by Crippen LogP contribution is -2.00. The van der Waals surface area contributed by atoms with Gasteiger partial charge in [0.2, 0.25) is 0 Å². The highest BCUT2D eigenvalue weighted by atomic mass is 15.0. The Bertz CT molecular complexity index is 8180. The molecule has 0 amide bonds. The lowest BCUT2D eigenvalue weighted by atomic mass is 9.93. The molecular formula is C114H68N6. The molecule has 6 heteroatoms. The van der Waals surface area contributed by atoms with Crippen LogP contribution < -0.4 is 0 Å². The maximum atomic E-state index is 5.01. The summed E-state index contributed by atoms with van der Waals surface area (Å²) in [4.78, 5) is 29.0. The van der Waals surface area contributed by atoms with Gasteiger partial charge in [0.25, 0.3) is 0 Å². The molecule has 23 aromatic rings. The topological polar surface area (TPSA) is 77.3 Å². The van der Waals surface area contributed by atoms with Crippen molar-refractivity contribution in [2.24, 2.45) is 0 Å². The number of aromatic nitrogens is 6. The summed E-state index contributed by atoms with van der Waals surface area (Å²) in [7, 11) is 0. The van der Waals surface area contributed by atoms with Crippen molar-refractivity contribution in [2.75, 3.05) is 0 Å². The van der Waals surface area contributed by atoms with Crippen molar-refractivity contribution in [3.8, 4) is 157 Å². The number of pyridine rings is 3. The summed E-state index contributed by atoms with van der Waals surface area (Å²) in [6, 6.07) is 139. The summed E-state index contributed by atoms with van der Waals surface area (Å²) in [6.07, 6.45) is 7.74. The summed E-state index contributed by atoms with van der Waals surface area (Å²) in [6.45, 7) is 0. The molecule has 0 N–H and O–H groups in total. The van der Waals surface area contributed by atoms with Gasteiger partial charge in [0, 0.05) is 63.6 Å². The van der Waals surface area contributed by atoms with E-state index in [-0.39, 0.29) is 0 Å². The first-order valence-corrected chi connectivity index (χ1v) is 40.9. The predicted molar refractivity (Wildman–Crippen MR) is 500 cm³/mol. The first kappa shape index (κ1) is 68.4. The van der Waals surface area contributed by atoms with Crippen LogP contribution >= 0.6 is 0 Å². The minimum atomic E-state index is 0.673. The summed E-state index contributed by atoms with van der Waals surface area (Å²) < 4.78 is 0. The number of nitrogens with zero attached hydrogens (tertiary/aromatic N) is 6. The van der Waals surface area contributed by atoms with E-state index in [0.29, 0.717) is 17.5 Å². The van der Waals surface area contributed by atoms with Crippen LogP contribution in [-0.2, 0) is 0 Å². The van der Waals surface area contributed by atoms with Crippen molar-refractivity contribution in [1.82, 2.24) is 29.9 Å². The lowest BCUT2D eigenvalue weighted by Gasteiger charge is -2.11. The molecule has 120 heavy (non-hydrogen) atoms. The smallest absolute Gasteiger partial charge is 0.164 e. The second-order valence-corrected chi connectivity index (χ2v) is 31.5. The third-order valence-electron chi connectivity index (χ3n) is 24.8. The first-order chi connectivity index (χ1) is 59.5. The Morgan fingerprint density at radius 2 is 0.542 bits per heavy atom. The Kier molecular flexibility index (Phi) is 15.9. The second-order valence-electron chi connectivity index (χ2n) is 31.5. The average Bonchev–Trinajstić information content (AvgIpc) is 1.57. The molecule has 4 heterocycles. The second kappa shape index (κ2) is 27.9. The maximum Gasteiger partial charge on any atom is 0.164 e. The molecule has 3 aliphatic rings. The van der Waals surface area contributed by atoms with Crippen molar-refractivity contribution >= 4 is 97.1 Å². The van der Waals surface area contributed by atoms with Crippen LogP contribution in [0.2, 0.25) is 0 Å². The van der Waals surface area contributed by atoms with Gasteiger partial charge in [-0.05, 0) is 241 Å². The van der Waals surface area contributed by atoms with E-state index >= 15 is 0 Å². The standard InChI is InChI=1S/C45H27N.C35H21N3.C34H20N2/c1-2-8-30-22-31(13-12-28(30)6-1)32-14-15-34-24-35(17-16-33(34)23-32)36-25-37(27-46-26-36)38-20-21-42-41-19-18-29-7-3-4-9-39(29)44(41)43-11-5-10-40(38)45(42)43;1-3-11-23(12-4-1)33-36-34(24-13-5-2-6-14-24)38-35(37-33)29-21-20-28-27-19-18-22-10-7-8-15-25(22)31(27)30-17-9-16-26(29)32(28)30;1-2-7-25-21(5-1)12-13-28-29-15-14-26(27-8-3-9-30(33(25)28)34(27)29)32-20-24(16-18-36-32)23-11-10-22-6-4-17-35-31(22)19-23/h1-27H;1-21H;1-20H. The van der Waals surface area contributed by atoms with E-state index in [4.69, 9.17) is 24.9 Å². The van der Waals surface area contributed by atoms with Gasteiger partial charge < -0.3 is 0 Å². The zero-order valence-corrected chi connectivity index (χ0v) is 64.9. The highest BCUT2D eigenvalue weighted by Crippen LogP contribution is 2.56. The summed E-state index contributed by atoms with van der Waals surface area (Å²) in [5.74, 6) is 2.03. The van der Waals surface area contributed by atoms with Crippen LogP contribution in [0.15, 0.2) is 413 Å². The van der Waals surface area contributed by atoms with E-state index < -0.39 is 0 Å². The van der Waals surface area contributed by atoms with Gasteiger partial charge in [-0.25, -0.2) is 15.0 Å². The molecule has 0 spiro atoms. The quantitative estimate of drug-likeness (QED) is 0.151. The maximum absolute atomic E-state index is 5.01. The van der Waals surface area contributed by atoms with Gasteiger partial charge in [0.15, 0.2) is 17.5 Å². The molecule has 0 saturated heterocycles. The van der Waals surface area contributed by atoms with Crippen LogP contribution in [0.3, 0.4) is 0 Å². The zero-order valence-electron chi connectivity index (χ0n) is 64.9. The number of hydrogen-bond acceptors (Lipinski definition) is 6. The molecule has 6 nitrogen and oxygen atoms in total. The van der Waals surface area contributed by atoms with Gasteiger partial charge in [0.05, 0.1) is 11.2 Å². The predicted octanol–water partition coefficient (Wildman–Crippen LogP) is 30.1. The third kappa shape index (κ3) is 11.3. The average molecular weight is 1520 g/mol. The molecule has 4 aromatic heterocycles. The monoisotopic (exact) mass is 1520 g/mol. The molecule has 0 radical (unpaired) electrons. The molecule has 19 aromatic carbocycles. The third-order valence-corrected chi connectivity index (χ3v) is 24.8. The fourth-order valence-electron chi connectivity index (χ4n) is 19.2. The summed E-state index contributed by atoms with van der Waals surface area (Å²) >= 11 is 0. The van der Waals surface area contributed by atoms with Crippen LogP contribution in [0.4, 0.5) is 0 Å². The fourth-order valence-corrected chi connectivity index (χ4v) is 19.2. The van der Waals surface area contributed by atoms with Gasteiger partial charge in [-0.3, -0.25) is 15.0 Å². The van der Waals surface area contributed by atoms with Crippen LogP contribution in [0.25, 0.3) is 254 Å². The van der Waals surface area contributed by atoms with Crippen LogP contribution in [0.5, 0.6) is 0 Å². The van der Waals surface area contributed by atoms with Crippen LogP contribution in [0, 0.1) is 0 Å². The molecular weight excluding hydrogens is 1450 g/mol. The molecule has 0 unspecified atom stereocenters. The minimum absolute atomic E-state index is 0.673. The van der Waals surface area contributed by atoms with Gasteiger partial charge in [-0.15, -0.1) is 0 Å².